The fraction of sp³-hybridized carbons (Fsp3) is 0.476. The molecule has 6 heteroatoms. The summed E-state index contributed by atoms with van der Waals surface area (Å²) in [5.41, 5.74) is 0.858. The highest BCUT2D eigenvalue weighted by Gasteiger charge is 2.30. The van der Waals surface area contributed by atoms with Crippen LogP contribution in [0.1, 0.15) is 50.4 Å². The molecule has 0 bridgehead atoms. The van der Waals surface area contributed by atoms with Crippen molar-refractivity contribution >= 4 is 22.9 Å². The Morgan fingerprint density at radius 1 is 1.22 bits per heavy atom. The monoisotopic (exact) mass is 369 g/mol. The van der Waals surface area contributed by atoms with Crippen LogP contribution in [-0.2, 0) is 4.74 Å². The number of likely N-dealkylation sites (tertiary alicyclic amines) is 1. The summed E-state index contributed by atoms with van der Waals surface area (Å²) >= 11 is 0. The SMILES string of the molecule is CC(C)(C)OC(=O)N1CCCC[C@H]1CNC(=O)c1cccc2ncccc12. The van der Waals surface area contributed by atoms with Crippen LogP contribution in [0.4, 0.5) is 4.79 Å². The summed E-state index contributed by atoms with van der Waals surface area (Å²) < 4.78 is 5.52. The van der Waals surface area contributed by atoms with Gasteiger partial charge in [-0.3, -0.25) is 9.78 Å². The minimum Gasteiger partial charge on any atom is -0.444 e. The number of nitrogens with one attached hydrogen (secondary N) is 1. The summed E-state index contributed by atoms with van der Waals surface area (Å²) in [5.74, 6) is -0.150. The van der Waals surface area contributed by atoms with Crippen LogP contribution in [0.2, 0.25) is 0 Å². The van der Waals surface area contributed by atoms with E-state index in [9.17, 15) is 9.59 Å². The van der Waals surface area contributed by atoms with Crippen molar-refractivity contribution in [3.8, 4) is 0 Å². The topological polar surface area (TPSA) is 71.5 Å². The number of rotatable bonds is 3. The molecule has 1 saturated heterocycles. The normalized spacial score (nSPS) is 17.6. The van der Waals surface area contributed by atoms with Crippen LogP contribution in [0, 0.1) is 0 Å². The first-order valence-corrected chi connectivity index (χ1v) is 9.47. The molecule has 1 N–H and O–H groups in total. The van der Waals surface area contributed by atoms with Crippen LogP contribution in [0.25, 0.3) is 10.9 Å². The number of carbonyl (C=O) groups excluding carboxylic acids is 2. The van der Waals surface area contributed by atoms with E-state index in [1.807, 2.05) is 45.0 Å². The molecular weight excluding hydrogens is 342 g/mol. The lowest BCUT2D eigenvalue weighted by Crippen LogP contribution is -2.50. The lowest BCUT2D eigenvalue weighted by molar-refractivity contribution is 0.00986. The van der Waals surface area contributed by atoms with Crippen molar-refractivity contribution in [2.45, 2.75) is 51.7 Å². The molecule has 0 saturated carbocycles. The second-order valence-corrected chi connectivity index (χ2v) is 7.91. The third-order valence-corrected chi connectivity index (χ3v) is 4.64. The Bertz CT molecular complexity index is 824. The van der Waals surface area contributed by atoms with Gasteiger partial charge in [0.2, 0.25) is 0 Å². The molecule has 1 atom stereocenters. The Hall–Kier alpha value is -2.63. The average molecular weight is 369 g/mol. The number of benzene rings is 1. The number of aromatic nitrogens is 1. The van der Waals surface area contributed by atoms with Crippen molar-refractivity contribution < 1.29 is 14.3 Å². The van der Waals surface area contributed by atoms with Gasteiger partial charge in [0.05, 0.1) is 11.6 Å². The van der Waals surface area contributed by atoms with Gasteiger partial charge >= 0.3 is 6.09 Å². The minimum absolute atomic E-state index is 0.0503. The first-order chi connectivity index (χ1) is 12.8. The Kier molecular flexibility index (Phi) is 5.63. The third kappa shape index (κ3) is 4.76. The number of piperidine rings is 1. The summed E-state index contributed by atoms with van der Waals surface area (Å²) in [5, 5.41) is 3.82. The molecule has 1 aliphatic rings. The third-order valence-electron chi connectivity index (χ3n) is 4.64. The molecule has 0 unspecified atom stereocenters. The molecule has 3 rings (SSSR count). The van der Waals surface area contributed by atoms with Crippen LogP contribution in [0.5, 0.6) is 0 Å². The maximum absolute atomic E-state index is 12.7. The van der Waals surface area contributed by atoms with Crippen molar-refractivity contribution in [1.29, 1.82) is 0 Å². The zero-order chi connectivity index (χ0) is 19.4. The molecule has 6 nitrogen and oxygen atoms in total. The number of nitrogens with zero attached hydrogens (tertiary/aromatic N) is 2. The van der Waals surface area contributed by atoms with E-state index in [-0.39, 0.29) is 18.0 Å². The molecule has 0 aliphatic carbocycles. The van der Waals surface area contributed by atoms with Gasteiger partial charge in [0.1, 0.15) is 5.60 Å². The van der Waals surface area contributed by atoms with Crippen LogP contribution in [0.3, 0.4) is 0 Å². The number of hydrogen-bond donors (Lipinski definition) is 1. The predicted molar refractivity (Wildman–Crippen MR) is 105 cm³/mol. The van der Waals surface area contributed by atoms with E-state index < -0.39 is 5.60 Å². The highest BCUT2D eigenvalue weighted by Crippen LogP contribution is 2.21. The fourth-order valence-corrected chi connectivity index (χ4v) is 3.38. The number of hydrogen-bond acceptors (Lipinski definition) is 4. The van der Waals surface area contributed by atoms with E-state index in [0.717, 1.165) is 30.2 Å². The Morgan fingerprint density at radius 2 is 2.04 bits per heavy atom. The summed E-state index contributed by atoms with van der Waals surface area (Å²) in [6, 6.07) is 9.18. The Morgan fingerprint density at radius 3 is 2.81 bits per heavy atom. The molecular formula is C21H27N3O3. The fourth-order valence-electron chi connectivity index (χ4n) is 3.38. The first-order valence-electron chi connectivity index (χ1n) is 9.47. The Balaban J connectivity index is 1.68. The number of pyridine rings is 1. The van der Waals surface area contributed by atoms with Crippen molar-refractivity contribution in [1.82, 2.24) is 15.2 Å². The van der Waals surface area contributed by atoms with Gasteiger partial charge in [-0.15, -0.1) is 0 Å². The van der Waals surface area contributed by atoms with E-state index in [2.05, 4.69) is 10.3 Å². The van der Waals surface area contributed by atoms with Crippen LogP contribution >= 0.6 is 0 Å². The van der Waals surface area contributed by atoms with Gasteiger partial charge in [-0.1, -0.05) is 12.1 Å². The Labute approximate surface area is 159 Å². The molecule has 144 valence electrons. The predicted octanol–water partition coefficient (Wildman–Crippen LogP) is 3.75. The standard InChI is InChI=1S/C21H27N3O3/c1-21(2,3)27-20(26)24-13-5-4-8-15(24)14-23-19(25)17-9-6-11-18-16(17)10-7-12-22-18/h6-7,9-12,15H,4-5,8,13-14H2,1-3H3,(H,23,25)/t15-/m0/s1. The zero-order valence-corrected chi connectivity index (χ0v) is 16.2. The summed E-state index contributed by atoms with van der Waals surface area (Å²) in [7, 11) is 0. The van der Waals surface area contributed by atoms with Gasteiger partial charge in [0.15, 0.2) is 0 Å². The first kappa shape index (κ1) is 19.1. The summed E-state index contributed by atoms with van der Waals surface area (Å²) in [6.45, 7) is 6.66. The number of carbonyl (C=O) groups is 2. The summed E-state index contributed by atoms with van der Waals surface area (Å²) in [6.07, 6.45) is 4.26. The molecule has 1 aromatic carbocycles. The number of ether oxygens (including phenoxy) is 1. The van der Waals surface area contributed by atoms with E-state index >= 15 is 0 Å². The molecule has 27 heavy (non-hydrogen) atoms. The van der Waals surface area contributed by atoms with E-state index in [4.69, 9.17) is 4.74 Å². The largest absolute Gasteiger partial charge is 0.444 e. The minimum atomic E-state index is -0.529. The molecule has 1 aliphatic heterocycles. The van der Waals surface area contributed by atoms with Crippen LogP contribution in [-0.4, -0.2) is 46.6 Å². The van der Waals surface area contributed by atoms with E-state index in [1.54, 1.807) is 17.2 Å². The number of amides is 2. The maximum Gasteiger partial charge on any atom is 0.410 e. The quantitative estimate of drug-likeness (QED) is 0.894. The van der Waals surface area contributed by atoms with Crippen molar-refractivity contribution in [3.05, 3.63) is 42.1 Å². The van der Waals surface area contributed by atoms with Crippen LogP contribution < -0.4 is 5.32 Å². The van der Waals surface area contributed by atoms with Gasteiger partial charge in [0.25, 0.3) is 5.91 Å². The second-order valence-electron chi connectivity index (χ2n) is 7.91. The highest BCUT2D eigenvalue weighted by molar-refractivity contribution is 6.06. The van der Waals surface area contributed by atoms with Crippen LogP contribution in [0.15, 0.2) is 36.5 Å². The molecule has 2 aromatic rings. The molecule has 1 aromatic heterocycles. The lowest BCUT2D eigenvalue weighted by atomic mass is 10.0. The van der Waals surface area contributed by atoms with Gasteiger partial charge in [-0.2, -0.15) is 0 Å². The second kappa shape index (κ2) is 7.94. The average Bonchev–Trinajstić information content (AvgIpc) is 2.64. The van der Waals surface area contributed by atoms with E-state index in [1.165, 1.54) is 0 Å². The highest BCUT2D eigenvalue weighted by atomic mass is 16.6. The van der Waals surface area contributed by atoms with Gasteiger partial charge in [-0.05, 0) is 58.2 Å². The number of fused-ring (bicyclic) bond motifs is 1. The molecule has 0 spiro atoms. The summed E-state index contributed by atoms with van der Waals surface area (Å²) in [4.78, 5) is 31.3. The molecule has 1 fully saturated rings. The van der Waals surface area contributed by atoms with Gasteiger partial charge in [-0.25, -0.2) is 4.79 Å². The van der Waals surface area contributed by atoms with Crippen molar-refractivity contribution in [2.24, 2.45) is 0 Å². The maximum atomic E-state index is 12.7. The van der Waals surface area contributed by atoms with Gasteiger partial charge < -0.3 is 15.0 Å². The van der Waals surface area contributed by atoms with Crippen molar-refractivity contribution in [3.63, 3.8) is 0 Å². The molecule has 2 amide bonds. The zero-order valence-electron chi connectivity index (χ0n) is 16.2. The van der Waals surface area contributed by atoms with Crippen molar-refractivity contribution in [2.75, 3.05) is 13.1 Å². The molecule has 0 radical (unpaired) electrons. The van der Waals surface area contributed by atoms with Gasteiger partial charge in [0, 0.05) is 30.2 Å². The lowest BCUT2D eigenvalue weighted by Gasteiger charge is -2.36. The van der Waals surface area contributed by atoms with E-state index in [0.29, 0.717) is 18.7 Å². The molecule has 2 heterocycles. The smallest absolute Gasteiger partial charge is 0.410 e.